The highest BCUT2D eigenvalue weighted by Crippen LogP contribution is 2.32. The van der Waals surface area contributed by atoms with E-state index in [1.54, 1.807) is 0 Å². The van der Waals surface area contributed by atoms with E-state index in [1.807, 2.05) is 24.3 Å². The zero-order chi connectivity index (χ0) is 11.6. The van der Waals surface area contributed by atoms with E-state index in [-0.39, 0.29) is 6.54 Å². The average Bonchev–Trinajstić information content (AvgIpc) is 2.31. The van der Waals surface area contributed by atoms with Crippen molar-refractivity contribution in [3.05, 3.63) is 29.3 Å². The molecule has 1 fully saturated rings. The molecule has 0 unspecified atom stereocenters. The number of para-hydroxylation sites is 1. The van der Waals surface area contributed by atoms with Crippen LogP contribution in [0.15, 0.2) is 24.3 Å². The second-order valence-corrected chi connectivity index (χ2v) is 4.70. The number of hydrogen-bond acceptors (Lipinski definition) is 2. The first kappa shape index (κ1) is 11.7. The van der Waals surface area contributed by atoms with Gasteiger partial charge >= 0.3 is 0 Å². The van der Waals surface area contributed by atoms with Crippen molar-refractivity contribution in [2.24, 2.45) is 5.73 Å². The monoisotopic (exact) mass is 242 g/mol. The second kappa shape index (κ2) is 4.60. The molecule has 1 saturated heterocycles. The molecule has 0 radical (unpaired) electrons. The molecule has 2 rings (SSSR count). The molecular formula is C12H16ClFN2. The van der Waals surface area contributed by atoms with E-state index in [1.165, 1.54) is 0 Å². The number of anilines is 1. The molecule has 1 aliphatic heterocycles. The fourth-order valence-corrected chi connectivity index (χ4v) is 2.32. The molecule has 4 heteroatoms. The van der Waals surface area contributed by atoms with Crippen molar-refractivity contribution < 1.29 is 4.39 Å². The lowest BCUT2D eigenvalue weighted by Crippen LogP contribution is -2.46. The smallest absolute Gasteiger partial charge is 0.126 e. The summed E-state index contributed by atoms with van der Waals surface area (Å²) in [6.45, 7) is 1.47. The molecule has 88 valence electrons. The van der Waals surface area contributed by atoms with Gasteiger partial charge in [0.05, 0.1) is 10.7 Å². The Labute approximate surface area is 100 Å². The molecular weight excluding hydrogens is 227 g/mol. The largest absolute Gasteiger partial charge is 0.370 e. The SMILES string of the molecule is NCC1(F)CCN(c2ccccc2Cl)CC1. The molecule has 2 nitrogen and oxygen atoms in total. The van der Waals surface area contributed by atoms with Crippen LogP contribution in [-0.2, 0) is 0 Å². The molecule has 16 heavy (non-hydrogen) atoms. The van der Waals surface area contributed by atoms with Crippen LogP contribution in [0.2, 0.25) is 5.02 Å². The second-order valence-electron chi connectivity index (χ2n) is 4.29. The minimum absolute atomic E-state index is 0.114. The Morgan fingerprint density at radius 1 is 1.31 bits per heavy atom. The summed E-state index contributed by atoms with van der Waals surface area (Å²) in [5.41, 5.74) is 5.24. The summed E-state index contributed by atoms with van der Waals surface area (Å²) in [5.74, 6) is 0. The molecule has 0 aliphatic carbocycles. The molecule has 0 bridgehead atoms. The molecule has 1 heterocycles. The lowest BCUT2D eigenvalue weighted by molar-refractivity contribution is 0.135. The number of halogens is 2. The third-order valence-electron chi connectivity index (χ3n) is 3.22. The summed E-state index contributed by atoms with van der Waals surface area (Å²) in [5, 5.41) is 0.724. The van der Waals surface area contributed by atoms with Gasteiger partial charge in [-0.15, -0.1) is 0 Å². The predicted molar refractivity (Wildman–Crippen MR) is 65.8 cm³/mol. The standard InChI is InChI=1S/C12H16ClFN2/c13-10-3-1-2-4-11(10)16-7-5-12(14,9-15)6-8-16/h1-4H,5-9,15H2. The maximum atomic E-state index is 13.9. The number of piperidine rings is 1. The molecule has 0 saturated carbocycles. The average molecular weight is 243 g/mol. The highest BCUT2D eigenvalue weighted by molar-refractivity contribution is 6.33. The predicted octanol–water partition coefficient (Wildman–Crippen LogP) is 2.61. The minimum atomic E-state index is -1.18. The zero-order valence-corrected chi connectivity index (χ0v) is 9.88. The number of hydrogen-bond donors (Lipinski definition) is 1. The first-order valence-corrected chi connectivity index (χ1v) is 5.91. The van der Waals surface area contributed by atoms with Crippen molar-refractivity contribution in [2.45, 2.75) is 18.5 Å². The molecule has 0 spiro atoms. The van der Waals surface area contributed by atoms with Crippen LogP contribution in [0.4, 0.5) is 10.1 Å². The molecule has 0 amide bonds. The van der Waals surface area contributed by atoms with Gasteiger partial charge < -0.3 is 10.6 Å². The van der Waals surface area contributed by atoms with E-state index in [0.717, 1.165) is 10.7 Å². The van der Waals surface area contributed by atoms with Gasteiger partial charge in [-0.05, 0) is 12.1 Å². The summed E-state index contributed by atoms with van der Waals surface area (Å²) in [4.78, 5) is 2.12. The van der Waals surface area contributed by atoms with E-state index in [2.05, 4.69) is 4.90 Å². The lowest BCUT2D eigenvalue weighted by Gasteiger charge is -2.37. The maximum absolute atomic E-state index is 13.9. The van der Waals surface area contributed by atoms with Crippen LogP contribution >= 0.6 is 11.6 Å². The normalized spacial score (nSPS) is 19.8. The van der Waals surface area contributed by atoms with Gasteiger partial charge in [-0.3, -0.25) is 0 Å². The van der Waals surface area contributed by atoms with Crippen molar-refractivity contribution in [3.8, 4) is 0 Å². The fraction of sp³-hybridized carbons (Fsp3) is 0.500. The highest BCUT2D eigenvalue weighted by atomic mass is 35.5. The Morgan fingerprint density at radius 3 is 2.50 bits per heavy atom. The van der Waals surface area contributed by atoms with E-state index in [0.29, 0.717) is 25.9 Å². The van der Waals surface area contributed by atoms with Gasteiger partial charge in [0.25, 0.3) is 0 Å². The van der Waals surface area contributed by atoms with Crippen molar-refractivity contribution in [2.75, 3.05) is 24.5 Å². The number of nitrogens with zero attached hydrogens (tertiary/aromatic N) is 1. The van der Waals surface area contributed by atoms with E-state index < -0.39 is 5.67 Å². The summed E-state index contributed by atoms with van der Waals surface area (Å²) in [6.07, 6.45) is 0.962. The van der Waals surface area contributed by atoms with E-state index in [4.69, 9.17) is 17.3 Å². The van der Waals surface area contributed by atoms with Gasteiger partial charge in [0, 0.05) is 32.5 Å². The van der Waals surface area contributed by atoms with Crippen LogP contribution in [-0.4, -0.2) is 25.3 Å². The van der Waals surface area contributed by atoms with Crippen molar-refractivity contribution in [3.63, 3.8) is 0 Å². The van der Waals surface area contributed by atoms with Gasteiger partial charge in [0.1, 0.15) is 5.67 Å². The number of benzene rings is 1. The lowest BCUT2D eigenvalue weighted by atomic mass is 9.93. The number of rotatable bonds is 2. The summed E-state index contributed by atoms with van der Waals surface area (Å²) < 4.78 is 13.9. The van der Waals surface area contributed by atoms with Gasteiger partial charge in [-0.1, -0.05) is 23.7 Å². The van der Waals surface area contributed by atoms with E-state index >= 15 is 0 Å². The van der Waals surface area contributed by atoms with Crippen LogP contribution in [0, 0.1) is 0 Å². The molecule has 0 atom stereocenters. The Kier molecular flexibility index (Phi) is 3.36. The Morgan fingerprint density at radius 2 is 1.94 bits per heavy atom. The van der Waals surface area contributed by atoms with Crippen molar-refractivity contribution in [1.29, 1.82) is 0 Å². The highest BCUT2D eigenvalue weighted by Gasteiger charge is 2.33. The van der Waals surface area contributed by atoms with Crippen LogP contribution in [0.3, 0.4) is 0 Å². The van der Waals surface area contributed by atoms with Crippen LogP contribution < -0.4 is 10.6 Å². The van der Waals surface area contributed by atoms with E-state index in [9.17, 15) is 4.39 Å². The quantitative estimate of drug-likeness (QED) is 0.864. The van der Waals surface area contributed by atoms with Gasteiger partial charge in [-0.25, -0.2) is 4.39 Å². The molecule has 2 N–H and O–H groups in total. The topological polar surface area (TPSA) is 29.3 Å². The molecule has 1 aromatic rings. The number of nitrogens with two attached hydrogens (primary N) is 1. The maximum Gasteiger partial charge on any atom is 0.126 e. The van der Waals surface area contributed by atoms with Gasteiger partial charge in [-0.2, -0.15) is 0 Å². The van der Waals surface area contributed by atoms with Gasteiger partial charge in [0.15, 0.2) is 0 Å². The third-order valence-corrected chi connectivity index (χ3v) is 3.54. The summed E-state index contributed by atoms with van der Waals surface area (Å²) in [6, 6.07) is 7.67. The minimum Gasteiger partial charge on any atom is -0.370 e. The number of alkyl halides is 1. The first-order chi connectivity index (χ1) is 7.64. The van der Waals surface area contributed by atoms with Crippen LogP contribution in [0.5, 0.6) is 0 Å². The van der Waals surface area contributed by atoms with Gasteiger partial charge in [0.2, 0.25) is 0 Å². The molecule has 1 aromatic carbocycles. The van der Waals surface area contributed by atoms with Crippen molar-refractivity contribution in [1.82, 2.24) is 0 Å². The third kappa shape index (κ3) is 2.30. The Balaban J connectivity index is 2.07. The summed E-state index contributed by atoms with van der Waals surface area (Å²) in [7, 11) is 0. The Bertz CT molecular complexity index is 362. The van der Waals surface area contributed by atoms with Crippen LogP contribution in [0.25, 0.3) is 0 Å². The molecule has 1 aliphatic rings. The fourth-order valence-electron chi connectivity index (χ4n) is 2.06. The molecule has 0 aromatic heterocycles. The van der Waals surface area contributed by atoms with Crippen LogP contribution in [0.1, 0.15) is 12.8 Å². The Hall–Kier alpha value is -0.800. The zero-order valence-electron chi connectivity index (χ0n) is 9.13. The first-order valence-electron chi connectivity index (χ1n) is 5.53. The van der Waals surface area contributed by atoms with Crippen molar-refractivity contribution >= 4 is 17.3 Å². The summed E-state index contributed by atoms with van der Waals surface area (Å²) >= 11 is 6.10.